The molecule has 1 fully saturated rings. The topological polar surface area (TPSA) is 40.6 Å². The van der Waals surface area contributed by atoms with Crippen LogP contribution in [0.1, 0.15) is 28.4 Å². The molecule has 1 unspecified atom stereocenters. The molecule has 3 rings (SSSR count). The highest BCUT2D eigenvalue weighted by molar-refractivity contribution is 6.42. The number of amides is 2. The van der Waals surface area contributed by atoms with Gasteiger partial charge in [-0.2, -0.15) is 0 Å². The number of hydrogen-bond acceptors (Lipinski definition) is 2. The quantitative estimate of drug-likeness (QED) is 0.757. The SMILES string of the molecule is Cc1cccc(N2CCN(C(=O)c3ccc(Cl)c(Cl)c3)C(C)C2=O)c1C. The Morgan fingerprint density at radius 2 is 1.81 bits per heavy atom. The highest BCUT2D eigenvalue weighted by Crippen LogP contribution is 2.28. The summed E-state index contributed by atoms with van der Waals surface area (Å²) in [6.07, 6.45) is 0. The van der Waals surface area contributed by atoms with Crippen molar-refractivity contribution in [1.82, 2.24) is 4.90 Å². The number of nitrogens with zero attached hydrogens (tertiary/aromatic N) is 2. The number of anilines is 1. The van der Waals surface area contributed by atoms with E-state index in [9.17, 15) is 9.59 Å². The third-order valence-corrected chi connectivity index (χ3v) is 5.69. The van der Waals surface area contributed by atoms with Crippen LogP contribution in [0.25, 0.3) is 0 Å². The van der Waals surface area contributed by atoms with Crippen LogP contribution in [0.5, 0.6) is 0 Å². The highest BCUT2D eigenvalue weighted by atomic mass is 35.5. The largest absolute Gasteiger partial charge is 0.325 e. The summed E-state index contributed by atoms with van der Waals surface area (Å²) in [5.41, 5.74) is 3.55. The normalized spacial score (nSPS) is 17.6. The van der Waals surface area contributed by atoms with Gasteiger partial charge in [0.05, 0.1) is 10.0 Å². The molecule has 2 amide bonds. The van der Waals surface area contributed by atoms with Gasteiger partial charge in [0.25, 0.3) is 5.91 Å². The van der Waals surface area contributed by atoms with Gasteiger partial charge < -0.3 is 9.80 Å². The summed E-state index contributed by atoms with van der Waals surface area (Å²) in [5.74, 6) is -0.302. The van der Waals surface area contributed by atoms with Gasteiger partial charge in [0, 0.05) is 24.3 Å². The fourth-order valence-corrected chi connectivity index (χ4v) is 3.51. The molecule has 26 heavy (non-hydrogen) atoms. The summed E-state index contributed by atoms with van der Waals surface area (Å²) in [5, 5.41) is 0.720. The molecule has 0 radical (unpaired) electrons. The van der Waals surface area contributed by atoms with Crippen LogP contribution >= 0.6 is 23.2 Å². The molecule has 1 heterocycles. The van der Waals surface area contributed by atoms with Crippen molar-refractivity contribution in [2.24, 2.45) is 0 Å². The summed E-state index contributed by atoms with van der Waals surface area (Å²) in [4.78, 5) is 29.1. The third-order valence-electron chi connectivity index (χ3n) is 4.95. The Kier molecular flexibility index (Phi) is 5.26. The van der Waals surface area contributed by atoms with Gasteiger partial charge in [-0.1, -0.05) is 35.3 Å². The summed E-state index contributed by atoms with van der Waals surface area (Å²) < 4.78 is 0. The van der Waals surface area contributed by atoms with E-state index in [1.165, 1.54) is 0 Å². The maximum Gasteiger partial charge on any atom is 0.254 e. The zero-order valence-corrected chi connectivity index (χ0v) is 16.4. The maximum atomic E-state index is 12.9. The predicted molar refractivity (Wildman–Crippen MR) is 105 cm³/mol. The van der Waals surface area contributed by atoms with Crippen molar-refractivity contribution < 1.29 is 9.59 Å². The lowest BCUT2D eigenvalue weighted by Crippen LogP contribution is -2.58. The molecule has 0 aromatic heterocycles. The number of benzene rings is 2. The lowest BCUT2D eigenvalue weighted by Gasteiger charge is -2.39. The number of carbonyl (C=O) groups excluding carboxylic acids is 2. The summed E-state index contributed by atoms with van der Waals surface area (Å²) in [6.45, 7) is 6.71. The van der Waals surface area contributed by atoms with Crippen molar-refractivity contribution >= 4 is 40.7 Å². The molecule has 0 bridgehead atoms. The van der Waals surface area contributed by atoms with E-state index in [0.29, 0.717) is 28.7 Å². The number of halogens is 2. The Morgan fingerprint density at radius 1 is 1.08 bits per heavy atom. The maximum absolute atomic E-state index is 12.9. The molecule has 6 heteroatoms. The molecule has 136 valence electrons. The van der Waals surface area contributed by atoms with Crippen molar-refractivity contribution in [3.63, 3.8) is 0 Å². The molecule has 1 aliphatic rings. The van der Waals surface area contributed by atoms with Crippen molar-refractivity contribution in [3.05, 3.63) is 63.1 Å². The summed E-state index contributed by atoms with van der Waals surface area (Å²) >= 11 is 11.9. The average Bonchev–Trinajstić information content (AvgIpc) is 2.62. The minimum absolute atomic E-state index is 0.0849. The lowest BCUT2D eigenvalue weighted by molar-refractivity contribution is -0.124. The van der Waals surface area contributed by atoms with Crippen molar-refractivity contribution in [2.45, 2.75) is 26.8 Å². The van der Waals surface area contributed by atoms with E-state index < -0.39 is 6.04 Å². The average molecular weight is 391 g/mol. The van der Waals surface area contributed by atoms with Crippen molar-refractivity contribution in [3.8, 4) is 0 Å². The molecule has 1 atom stereocenters. The Labute approximate surface area is 163 Å². The smallest absolute Gasteiger partial charge is 0.254 e. The van der Waals surface area contributed by atoms with E-state index >= 15 is 0 Å². The fourth-order valence-electron chi connectivity index (χ4n) is 3.21. The van der Waals surface area contributed by atoms with Gasteiger partial charge in [-0.15, -0.1) is 0 Å². The first kappa shape index (κ1) is 18.7. The number of aryl methyl sites for hydroxylation is 1. The van der Waals surface area contributed by atoms with Crippen molar-refractivity contribution in [2.75, 3.05) is 18.0 Å². The van der Waals surface area contributed by atoms with Crippen LogP contribution in [0.2, 0.25) is 10.0 Å². The first-order valence-electron chi connectivity index (χ1n) is 8.45. The van der Waals surface area contributed by atoms with E-state index in [-0.39, 0.29) is 11.8 Å². The molecular weight excluding hydrogens is 371 g/mol. The second kappa shape index (κ2) is 7.29. The molecule has 4 nitrogen and oxygen atoms in total. The third kappa shape index (κ3) is 3.31. The molecule has 0 spiro atoms. The van der Waals surface area contributed by atoms with Crippen LogP contribution in [0, 0.1) is 13.8 Å². The zero-order valence-electron chi connectivity index (χ0n) is 14.9. The van der Waals surface area contributed by atoms with Crippen LogP contribution in [-0.2, 0) is 4.79 Å². The molecular formula is C20H20Cl2N2O2. The molecule has 2 aromatic rings. The zero-order chi connectivity index (χ0) is 19.0. The van der Waals surface area contributed by atoms with Crippen molar-refractivity contribution in [1.29, 1.82) is 0 Å². The summed E-state index contributed by atoms with van der Waals surface area (Å²) in [6, 6.07) is 10.1. The molecule has 1 aliphatic heterocycles. The number of piperazine rings is 1. The number of carbonyl (C=O) groups is 2. The van der Waals surface area contributed by atoms with Gasteiger partial charge in [-0.3, -0.25) is 9.59 Å². The fraction of sp³-hybridized carbons (Fsp3) is 0.300. The van der Waals surface area contributed by atoms with E-state index in [0.717, 1.165) is 16.8 Å². The molecule has 0 N–H and O–H groups in total. The van der Waals surface area contributed by atoms with E-state index in [4.69, 9.17) is 23.2 Å². The highest BCUT2D eigenvalue weighted by Gasteiger charge is 2.36. The molecule has 2 aromatic carbocycles. The second-order valence-corrected chi connectivity index (χ2v) is 7.33. The van der Waals surface area contributed by atoms with Gasteiger partial charge in [-0.05, 0) is 56.2 Å². The molecule has 1 saturated heterocycles. The molecule has 0 saturated carbocycles. The Bertz CT molecular complexity index is 882. The van der Waals surface area contributed by atoms with E-state index in [1.54, 1.807) is 34.9 Å². The van der Waals surface area contributed by atoms with Gasteiger partial charge in [0.2, 0.25) is 5.91 Å². The van der Waals surface area contributed by atoms with Crippen LogP contribution in [0.4, 0.5) is 5.69 Å². The first-order valence-corrected chi connectivity index (χ1v) is 9.20. The Hall–Kier alpha value is -2.04. The van der Waals surface area contributed by atoms with Gasteiger partial charge >= 0.3 is 0 Å². The lowest BCUT2D eigenvalue weighted by atomic mass is 10.0. The standard InChI is InChI=1S/C20H20Cl2N2O2/c1-12-5-4-6-18(13(12)2)24-10-9-23(14(3)19(24)25)20(26)15-7-8-16(21)17(22)11-15/h4-8,11,14H,9-10H2,1-3H3. The monoisotopic (exact) mass is 390 g/mol. The minimum atomic E-state index is -0.550. The first-order chi connectivity index (χ1) is 12.3. The van der Waals surface area contributed by atoms with Gasteiger partial charge in [0.1, 0.15) is 6.04 Å². The summed E-state index contributed by atoms with van der Waals surface area (Å²) in [7, 11) is 0. The molecule has 0 aliphatic carbocycles. The van der Waals surface area contributed by atoms with Crippen LogP contribution in [-0.4, -0.2) is 35.8 Å². The van der Waals surface area contributed by atoms with E-state index in [1.807, 2.05) is 32.0 Å². The Morgan fingerprint density at radius 3 is 2.50 bits per heavy atom. The van der Waals surface area contributed by atoms with Gasteiger partial charge in [-0.25, -0.2) is 0 Å². The number of rotatable bonds is 2. The van der Waals surface area contributed by atoms with Gasteiger partial charge in [0.15, 0.2) is 0 Å². The minimum Gasteiger partial charge on any atom is -0.325 e. The van der Waals surface area contributed by atoms with Crippen LogP contribution < -0.4 is 4.90 Å². The second-order valence-electron chi connectivity index (χ2n) is 6.51. The predicted octanol–water partition coefficient (Wildman–Crippen LogP) is 4.49. The number of hydrogen-bond donors (Lipinski definition) is 0. The Balaban J connectivity index is 1.84. The van der Waals surface area contributed by atoms with E-state index in [2.05, 4.69) is 0 Å². The van der Waals surface area contributed by atoms with Crippen LogP contribution in [0.15, 0.2) is 36.4 Å². The van der Waals surface area contributed by atoms with Crippen LogP contribution in [0.3, 0.4) is 0 Å².